The average Bonchev–Trinajstić information content (AvgIpc) is 2.67. The van der Waals surface area contributed by atoms with E-state index in [0.717, 1.165) is 38.5 Å². The monoisotopic (exact) mass is 412 g/mol. The van der Waals surface area contributed by atoms with Gasteiger partial charge < -0.3 is 4.74 Å². The van der Waals surface area contributed by atoms with E-state index in [1.54, 1.807) is 0 Å². The minimum absolute atomic E-state index is 0.0437. The van der Waals surface area contributed by atoms with Crippen molar-refractivity contribution < 1.29 is 9.53 Å². The van der Waals surface area contributed by atoms with E-state index in [0.29, 0.717) is 11.8 Å². The Morgan fingerprint density at radius 3 is 2.60 bits per heavy atom. The summed E-state index contributed by atoms with van der Waals surface area (Å²) in [4.78, 5) is 13.6. The van der Waals surface area contributed by atoms with Crippen LogP contribution in [0.15, 0.2) is 18.2 Å². The van der Waals surface area contributed by atoms with Crippen LogP contribution < -0.4 is 0 Å². The summed E-state index contributed by atoms with van der Waals surface area (Å²) in [5.41, 5.74) is 3.75. The zero-order chi connectivity index (χ0) is 22.2. The van der Waals surface area contributed by atoms with Gasteiger partial charge in [-0.2, -0.15) is 0 Å². The van der Waals surface area contributed by atoms with Gasteiger partial charge in [0.2, 0.25) is 0 Å². The molecule has 0 saturated heterocycles. The minimum atomic E-state index is -0.385. The van der Waals surface area contributed by atoms with E-state index in [2.05, 4.69) is 66.7 Å². The van der Waals surface area contributed by atoms with Gasteiger partial charge in [-0.05, 0) is 93.2 Å². The Labute approximate surface area is 185 Å². The SMILES string of the molecule is CCCCCC(C)(C)OC(=O)C1(C)CCCC2(C)c3ccc(C(C)C)cc3CCC12. The van der Waals surface area contributed by atoms with E-state index in [-0.39, 0.29) is 22.4 Å². The Bertz CT molecular complexity index is 762. The number of hydrogen-bond donors (Lipinski definition) is 0. The molecule has 0 amide bonds. The van der Waals surface area contributed by atoms with Crippen LogP contribution in [-0.2, 0) is 21.4 Å². The Balaban J connectivity index is 1.85. The molecule has 2 aliphatic rings. The van der Waals surface area contributed by atoms with Crippen LogP contribution in [0, 0.1) is 11.3 Å². The number of benzene rings is 1. The number of aryl methyl sites for hydroxylation is 1. The maximum atomic E-state index is 13.6. The molecule has 0 heterocycles. The van der Waals surface area contributed by atoms with Crippen molar-refractivity contribution in [2.24, 2.45) is 11.3 Å². The largest absolute Gasteiger partial charge is 0.459 e. The first-order chi connectivity index (χ1) is 14.0. The smallest absolute Gasteiger partial charge is 0.312 e. The number of fused-ring (bicyclic) bond motifs is 3. The van der Waals surface area contributed by atoms with Crippen LogP contribution >= 0.6 is 0 Å². The second kappa shape index (κ2) is 8.67. The van der Waals surface area contributed by atoms with Gasteiger partial charge in [-0.15, -0.1) is 0 Å². The first-order valence-corrected chi connectivity index (χ1v) is 12.4. The maximum Gasteiger partial charge on any atom is 0.312 e. The average molecular weight is 413 g/mol. The first kappa shape index (κ1) is 23.4. The third-order valence-corrected chi connectivity index (χ3v) is 8.26. The molecule has 3 rings (SSSR count). The molecule has 30 heavy (non-hydrogen) atoms. The molecule has 2 aliphatic carbocycles. The van der Waals surface area contributed by atoms with Crippen LogP contribution in [0.5, 0.6) is 0 Å². The Morgan fingerprint density at radius 2 is 1.93 bits per heavy atom. The van der Waals surface area contributed by atoms with E-state index in [1.807, 2.05) is 0 Å². The van der Waals surface area contributed by atoms with E-state index >= 15 is 0 Å². The second-order valence-corrected chi connectivity index (χ2v) is 11.5. The number of carbonyl (C=O) groups is 1. The molecule has 2 heteroatoms. The summed E-state index contributed by atoms with van der Waals surface area (Å²) in [5, 5.41) is 0. The number of ether oxygens (including phenoxy) is 1. The van der Waals surface area contributed by atoms with Gasteiger partial charge in [0.25, 0.3) is 0 Å². The number of unbranched alkanes of at least 4 members (excludes halogenated alkanes) is 2. The van der Waals surface area contributed by atoms with Crippen molar-refractivity contribution in [3.05, 3.63) is 34.9 Å². The molecule has 1 aromatic rings. The van der Waals surface area contributed by atoms with Crippen molar-refractivity contribution in [2.45, 2.75) is 123 Å². The number of rotatable bonds is 7. The molecule has 3 atom stereocenters. The number of hydrogen-bond acceptors (Lipinski definition) is 2. The van der Waals surface area contributed by atoms with Gasteiger partial charge in [0.1, 0.15) is 5.60 Å². The van der Waals surface area contributed by atoms with Crippen molar-refractivity contribution in [1.29, 1.82) is 0 Å². The standard InChI is InChI=1S/C28H44O2/c1-8-9-10-16-26(4,5)30-25(29)28(7)18-11-17-27(6)23-14-12-21(20(2)3)19-22(23)13-15-24(27)28/h12,14,19-20,24H,8-11,13,15-18H2,1-7H3. The van der Waals surface area contributed by atoms with E-state index in [9.17, 15) is 4.79 Å². The minimum Gasteiger partial charge on any atom is -0.459 e. The molecule has 3 unspecified atom stereocenters. The van der Waals surface area contributed by atoms with Gasteiger partial charge in [0.05, 0.1) is 5.41 Å². The van der Waals surface area contributed by atoms with Crippen molar-refractivity contribution in [1.82, 2.24) is 0 Å². The number of carbonyl (C=O) groups excluding carboxylic acids is 1. The predicted octanol–water partition coefficient (Wildman–Crippen LogP) is 7.72. The van der Waals surface area contributed by atoms with Gasteiger partial charge in [-0.1, -0.05) is 65.2 Å². The highest BCUT2D eigenvalue weighted by Gasteiger charge is 2.56. The van der Waals surface area contributed by atoms with Crippen LogP contribution in [0.2, 0.25) is 0 Å². The summed E-state index contributed by atoms with van der Waals surface area (Å²) in [6, 6.07) is 7.13. The summed E-state index contributed by atoms with van der Waals surface area (Å²) >= 11 is 0. The molecule has 1 aromatic carbocycles. The molecule has 0 spiro atoms. The maximum absolute atomic E-state index is 13.6. The van der Waals surface area contributed by atoms with Crippen molar-refractivity contribution >= 4 is 5.97 Å². The fraction of sp³-hybridized carbons (Fsp3) is 0.750. The van der Waals surface area contributed by atoms with Crippen LogP contribution in [0.1, 0.15) is 122 Å². The van der Waals surface area contributed by atoms with E-state index in [4.69, 9.17) is 4.74 Å². The topological polar surface area (TPSA) is 26.3 Å². The third kappa shape index (κ3) is 4.34. The first-order valence-electron chi connectivity index (χ1n) is 12.4. The lowest BCUT2D eigenvalue weighted by molar-refractivity contribution is -0.178. The van der Waals surface area contributed by atoms with E-state index < -0.39 is 0 Å². The highest BCUT2D eigenvalue weighted by Crippen LogP contribution is 2.58. The lowest BCUT2D eigenvalue weighted by Crippen LogP contribution is -2.53. The highest BCUT2D eigenvalue weighted by molar-refractivity contribution is 5.78. The molecule has 0 N–H and O–H groups in total. The van der Waals surface area contributed by atoms with Gasteiger partial charge >= 0.3 is 5.97 Å². The van der Waals surface area contributed by atoms with Crippen LogP contribution in [0.25, 0.3) is 0 Å². The lowest BCUT2D eigenvalue weighted by atomic mass is 9.49. The van der Waals surface area contributed by atoms with Crippen molar-refractivity contribution in [3.8, 4) is 0 Å². The summed E-state index contributed by atoms with van der Waals surface area (Å²) < 4.78 is 6.22. The van der Waals surface area contributed by atoms with Crippen molar-refractivity contribution in [2.75, 3.05) is 0 Å². The van der Waals surface area contributed by atoms with Gasteiger partial charge in [-0.25, -0.2) is 0 Å². The lowest BCUT2D eigenvalue weighted by Gasteiger charge is -2.54. The Morgan fingerprint density at radius 1 is 1.20 bits per heavy atom. The Kier molecular flexibility index (Phi) is 6.75. The molecular formula is C28H44O2. The van der Waals surface area contributed by atoms with Crippen molar-refractivity contribution in [3.63, 3.8) is 0 Å². The molecule has 168 valence electrons. The van der Waals surface area contributed by atoms with Gasteiger partial charge in [0.15, 0.2) is 0 Å². The Hall–Kier alpha value is -1.31. The molecule has 0 radical (unpaired) electrons. The molecule has 2 nitrogen and oxygen atoms in total. The van der Waals surface area contributed by atoms with Gasteiger partial charge in [0, 0.05) is 0 Å². The van der Waals surface area contributed by atoms with E-state index in [1.165, 1.54) is 36.0 Å². The highest BCUT2D eigenvalue weighted by atomic mass is 16.6. The molecule has 0 aromatic heterocycles. The van der Waals surface area contributed by atoms with Crippen LogP contribution in [0.4, 0.5) is 0 Å². The summed E-state index contributed by atoms with van der Waals surface area (Å²) in [5.74, 6) is 0.958. The zero-order valence-electron chi connectivity index (χ0n) is 20.6. The molecular weight excluding hydrogens is 368 g/mol. The van der Waals surface area contributed by atoms with Crippen LogP contribution in [0.3, 0.4) is 0 Å². The molecule has 1 fully saturated rings. The normalized spacial score (nSPS) is 28.7. The third-order valence-electron chi connectivity index (χ3n) is 8.26. The fourth-order valence-corrected chi connectivity index (χ4v) is 6.33. The number of esters is 1. The zero-order valence-corrected chi connectivity index (χ0v) is 20.6. The fourth-order valence-electron chi connectivity index (χ4n) is 6.33. The predicted molar refractivity (Wildman–Crippen MR) is 126 cm³/mol. The molecule has 0 aliphatic heterocycles. The van der Waals surface area contributed by atoms with Gasteiger partial charge in [-0.3, -0.25) is 4.79 Å². The summed E-state index contributed by atoms with van der Waals surface area (Å²) in [6.45, 7) is 15.6. The molecule has 0 bridgehead atoms. The summed E-state index contributed by atoms with van der Waals surface area (Å²) in [6.07, 6.45) is 9.87. The summed E-state index contributed by atoms with van der Waals surface area (Å²) in [7, 11) is 0. The quantitative estimate of drug-likeness (QED) is 0.338. The van der Waals surface area contributed by atoms with Crippen LogP contribution in [-0.4, -0.2) is 11.6 Å². The molecule has 1 saturated carbocycles. The second-order valence-electron chi connectivity index (χ2n) is 11.5.